The Morgan fingerprint density at radius 2 is 2.00 bits per heavy atom. The molecule has 16 heavy (non-hydrogen) atoms. The lowest BCUT2D eigenvalue weighted by molar-refractivity contribution is 0.635. The lowest BCUT2D eigenvalue weighted by atomic mass is 10.0. The minimum atomic E-state index is -0.363. The van der Waals surface area contributed by atoms with Crippen LogP contribution in [0.3, 0.4) is 0 Å². The van der Waals surface area contributed by atoms with E-state index >= 15 is 0 Å². The Balaban J connectivity index is 2.99. The van der Waals surface area contributed by atoms with Crippen LogP contribution < -0.4 is 5.43 Å². The van der Waals surface area contributed by atoms with Crippen LogP contribution in [-0.4, -0.2) is 4.98 Å². The van der Waals surface area contributed by atoms with Gasteiger partial charge in [-0.2, -0.15) is 0 Å². The maximum absolute atomic E-state index is 13.7. The first kappa shape index (κ1) is 10.9. The van der Waals surface area contributed by atoms with E-state index in [1.807, 2.05) is 6.92 Å². The van der Waals surface area contributed by atoms with Crippen LogP contribution in [-0.2, 0) is 6.42 Å². The fourth-order valence-electron chi connectivity index (χ4n) is 2.07. The molecule has 0 aliphatic rings. The smallest absolute Gasteiger partial charge is 0.192 e. The molecule has 3 heteroatoms. The van der Waals surface area contributed by atoms with Crippen molar-refractivity contribution in [3.8, 4) is 0 Å². The molecule has 0 spiro atoms. The van der Waals surface area contributed by atoms with Crippen molar-refractivity contribution >= 4 is 10.9 Å². The van der Waals surface area contributed by atoms with Crippen molar-refractivity contribution in [3.63, 3.8) is 0 Å². The number of hydrogen-bond acceptors (Lipinski definition) is 1. The van der Waals surface area contributed by atoms with Gasteiger partial charge in [0.25, 0.3) is 0 Å². The van der Waals surface area contributed by atoms with Crippen LogP contribution in [0.25, 0.3) is 10.9 Å². The summed E-state index contributed by atoms with van der Waals surface area (Å²) < 4.78 is 13.7. The van der Waals surface area contributed by atoms with Gasteiger partial charge in [0.2, 0.25) is 0 Å². The predicted octanol–water partition coefficient (Wildman–Crippen LogP) is 2.85. The number of benzene rings is 1. The number of pyridine rings is 1. The Bertz CT molecular complexity index is 613. The molecule has 2 rings (SSSR count). The fourth-order valence-corrected chi connectivity index (χ4v) is 2.07. The molecule has 0 unspecified atom stereocenters. The second-order valence-corrected chi connectivity index (χ2v) is 4.08. The van der Waals surface area contributed by atoms with Crippen LogP contribution >= 0.6 is 0 Å². The summed E-state index contributed by atoms with van der Waals surface area (Å²) >= 11 is 0. The fraction of sp³-hybridized carbons (Fsp3) is 0.308. The number of rotatable bonds is 1. The van der Waals surface area contributed by atoms with Gasteiger partial charge in [-0.1, -0.05) is 6.92 Å². The molecule has 1 aromatic heterocycles. The number of aromatic amines is 1. The van der Waals surface area contributed by atoms with E-state index in [1.54, 1.807) is 19.9 Å². The van der Waals surface area contributed by atoms with E-state index in [1.165, 1.54) is 6.07 Å². The van der Waals surface area contributed by atoms with Crippen LogP contribution in [0.5, 0.6) is 0 Å². The average molecular weight is 219 g/mol. The number of fused-ring (bicyclic) bond motifs is 1. The Hall–Kier alpha value is -1.64. The van der Waals surface area contributed by atoms with Crippen molar-refractivity contribution in [1.82, 2.24) is 4.98 Å². The molecule has 84 valence electrons. The summed E-state index contributed by atoms with van der Waals surface area (Å²) in [5.74, 6) is -0.363. The van der Waals surface area contributed by atoms with Crippen molar-refractivity contribution in [2.75, 3.05) is 0 Å². The van der Waals surface area contributed by atoms with Crippen LogP contribution in [0.2, 0.25) is 0 Å². The molecule has 0 bridgehead atoms. The highest BCUT2D eigenvalue weighted by Crippen LogP contribution is 2.17. The van der Waals surface area contributed by atoms with Gasteiger partial charge in [0.1, 0.15) is 5.82 Å². The van der Waals surface area contributed by atoms with E-state index in [-0.39, 0.29) is 11.2 Å². The quantitative estimate of drug-likeness (QED) is 0.786. The van der Waals surface area contributed by atoms with Gasteiger partial charge < -0.3 is 4.98 Å². The van der Waals surface area contributed by atoms with Gasteiger partial charge in [0, 0.05) is 16.6 Å². The second-order valence-electron chi connectivity index (χ2n) is 4.08. The molecule has 1 heterocycles. The molecule has 0 aliphatic carbocycles. The molecular formula is C13H14FNO. The number of H-pyrrole nitrogens is 1. The zero-order valence-corrected chi connectivity index (χ0v) is 9.65. The van der Waals surface area contributed by atoms with Crippen LogP contribution in [0.1, 0.15) is 23.7 Å². The maximum Gasteiger partial charge on any atom is 0.192 e. The highest BCUT2D eigenvalue weighted by atomic mass is 19.1. The van der Waals surface area contributed by atoms with Crippen LogP contribution in [0.4, 0.5) is 4.39 Å². The van der Waals surface area contributed by atoms with Gasteiger partial charge in [0.15, 0.2) is 5.43 Å². The van der Waals surface area contributed by atoms with Gasteiger partial charge in [-0.3, -0.25) is 4.79 Å². The van der Waals surface area contributed by atoms with Gasteiger partial charge in [-0.15, -0.1) is 0 Å². The molecular weight excluding hydrogens is 205 g/mol. The number of hydrogen-bond donors (Lipinski definition) is 1. The van der Waals surface area contributed by atoms with E-state index in [4.69, 9.17) is 0 Å². The Labute approximate surface area is 93.1 Å². The van der Waals surface area contributed by atoms with Gasteiger partial charge >= 0.3 is 0 Å². The van der Waals surface area contributed by atoms with Crippen molar-refractivity contribution < 1.29 is 4.39 Å². The monoisotopic (exact) mass is 219 g/mol. The molecule has 0 fully saturated rings. The maximum atomic E-state index is 13.7. The molecule has 1 N–H and O–H groups in total. The third-order valence-electron chi connectivity index (χ3n) is 2.87. The molecule has 0 saturated carbocycles. The normalized spacial score (nSPS) is 11.0. The molecule has 0 saturated heterocycles. The standard InChI is InChI=1S/C13H14FNO/c1-4-9-8(3)15-12-10(13(9)16)5-7(2)6-11(12)14/h5-6H,4H2,1-3H3,(H,15,16). The van der Waals surface area contributed by atoms with E-state index in [2.05, 4.69) is 4.98 Å². The minimum Gasteiger partial charge on any atom is -0.356 e. The van der Waals surface area contributed by atoms with E-state index < -0.39 is 0 Å². The first-order chi connectivity index (χ1) is 7.54. The summed E-state index contributed by atoms with van der Waals surface area (Å²) in [7, 11) is 0. The SMILES string of the molecule is CCc1c(C)[nH]c2c(F)cc(C)cc2c1=O. The number of aryl methyl sites for hydroxylation is 2. The lowest BCUT2D eigenvalue weighted by Gasteiger charge is -2.07. The van der Waals surface area contributed by atoms with E-state index in [9.17, 15) is 9.18 Å². The molecule has 0 aliphatic heterocycles. The summed E-state index contributed by atoms with van der Waals surface area (Å²) in [5, 5.41) is 0.444. The molecule has 2 aromatic rings. The average Bonchev–Trinajstić information content (AvgIpc) is 2.21. The van der Waals surface area contributed by atoms with Crippen molar-refractivity contribution in [2.45, 2.75) is 27.2 Å². The predicted molar refractivity (Wildman–Crippen MR) is 63.4 cm³/mol. The largest absolute Gasteiger partial charge is 0.356 e. The van der Waals surface area contributed by atoms with Crippen LogP contribution in [0.15, 0.2) is 16.9 Å². The summed E-state index contributed by atoms with van der Waals surface area (Å²) in [6.07, 6.45) is 0.659. The number of nitrogens with one attached hydrogen (secondary N) is 1. The first-order valence-corrected chi connectivity index (χ1v) is 5.36. The Morgan fingerprint density at radius 1 is 1.31 bits per heavy atom. The summed E-state index contributed by atoms with van der Waals surface area (Å²) in [6.45, 7) is 5.52. The second kappa shape index (κ2) is 3.74. The number of halogens is 1. The Morgan fingerprint density at radius 3 is 2.62 bits per heavy atom. The van der Waals surface area contributed by atoms with Crippen LogP contribution in [0, 0.1) is 19.7 Å². The molecule has 0 atom stereocenters. The van der Waals surface area contributed by atoms with Crippen molar-refractivity contribution in [2.24, 2.45) is 0 Å². The molecule has 1 aromatic carbocycles. The van der Waals surface area contributed by atoms with Crippen molar-refractivity contribution in [3.05, 3.63) is 45.0 Å². The molecule has 2 nitrogen and oxygen atoms in total. The lowest BCUT2D eigenvalue weighted by Crippen LogP contribution is -2.13. The summed E-state index contributed by atoms with van der Waals surface area (Å²) in [6, 6.07) is 3.17. The minimum absolute atomic E-state index is 0.0589. The van der Waals surface area contributed by atoms with E-state index in [0.717, 1.165) is 16.8 Å². The highest BCUT2D eigenvalue weighted by Gasteiger charge is 2.10. The number of aromatic nitrogens is 1. The van der Waals surface area contributed by atoms with Gasteiger partial charge in [0.05, 0.1) is 5.52 Å². The Kier molecular flexibility index (Phi) is 2.54. The third kappa shape index (κ3) is 1.52. The highest BCUT2D eigenvalue weighted by molar-refractivity contribution is 5.80. The van der Waals surface area contributed by atoms with E-state index in [0.29, 0.717) is 17.3 Å². The topological polar surface area (TPSA) is 32.9 Å². The third-order valence-corrected chi connectivity index (χ3v) is 2.87. The molecule has 0 radical (unpaired) electrons. The van der Waals surface area contributed by atoms with Gasteiger partial charge in [-0.25, -0.2) is 4.39 Å². The summed E-state index contributed by atoms with van der Waals surface area (Å²) in [5.41, 5.74) is 2.50. The zero-order valence-electron chi connectivity index (χ0n) is 9.65. The first-order valence-electron chi connectivity index (χ1n) is 5.36. The zero-order chi connectivity index (χ0) is 11.9. The van der Waals surface area contributed by atoms with Crippen molar-refractivity contribution in [1.29, 1.82) is 0 Å². The van der Waals surface area contributed by atoms with Gasteiger partial charge in [-0.05, 0) is 38.0 Å². The summed E-state index contributed by atoms with van der Waals surface area (Å²) in [4.78, 5) is 15.1. The molecule has 0 amide bonds.